The fourth-order valence-corrected chi connectivity index (χ4v) is 3.79. The summed E-state index contributed by atoms with van der Waals surface area (Å²) in [6, 6.07) is 21.6. The summed E-state index contributed by atoms with van der Waals surface area (Å²) >= 11 is 4.47. The highest BCUT2D eigenvalue weighted by Crippen LogP contribution is 2.37. The molecule has 3 aromatic rings. The van der Waals surface area contributed by atoms with Gasteiger partial charge in [0.15, 0.2) is 6.17 Å². The number of hydrogen-bond donors (Lipinski definition) is 2. The minimum absolute atomic E-state index is 0.0743. The molecule has 1 atom stereocenters. The zero-order valence-electron chi connectivity index (χ0n) is 17.1. The van der Waals surface area contributed by atoms with Crippen LogP contribution >= 0.6 is 12.6 Å². The van der Waals surface area contributed by atoms with Gasteiger partial charge < -0.3 is 19.4 Å². The van der Waals surface area contributed by atoms with Crippen LogP contribution < -0.4 is 10.2 Å². The molecule has 4 rings (SSSR count). The van der Waals surface area contributed by atoms with Crippen LogP contribution in [0.3, 0.4) is 0 Å². The van der Waals surface area contributed by atoms with E-state index in [2.05, 4.69) is 17.9 Å². The molecule has 0 radical (unpaired) electrons. The standard InChI is InChI=1S/C24H19N3O4S/c1-2-30-24(29)16-10-8-15(9-11-16)19-12-13-20(31-19)21-26-22(28)18(14-25)23(32)27(21)17-6-4-3-5-7-17/h3-13,21,32H,2H2,1H3,(H,26,28). The monoisotopic (exact) mass is 445 g/mol. The lowest BCUT2D eigenvalue weighted by atomic mass is 10.1. The Hall–Kier alpha value is -3.96. The third kappa shape index (κ3) is 3.98. The van der Waals surface area contributed by atoms with Crippen LogP contribution in [0, 0.1) is 11.3 Å². The van der Waals surface area contributed by atoms with Gasteiger partial charge in [0, 0.05) is 11.3 Å². The number of ether oxygens (including phenoxy) is 1. The zero-order valence-corrected chi connectivity index (χ0v) is 18.0. The number of para-hydroxylation sites is 1. The van der Waals surface area contributed by atoms with Crippen LogP contribution in [0.2, 0.25) is 0 Å². The second-order valence-electron chi connectivity index (χ2n) is 6.89. The molecule has 0 aliphatic carbocycles. The Kier molecular flexibility index (Phi) is 6.01. The van der Waals surface area contributed by atoms with Crippen molar-refractivity contribution in [3.05, 3.63) is 88.7 Å². The summed E-state index contributed by atoms with van der Waals surface area (Å²) in [6.07, 6.45) is -0.693. The number of nitrogens with zero attached hydrogens (tertiary/aromatic N) is 2. The number of nitriles is 1. The molecule has 32 heavy (non-hydrogen) atoms. The zero-order chi connectivity index (χ0) is 22.7. The van der Waals surface area contributed by atoms with E-state index in [1.807, 2.05) is 36.4 Å². The number of furan rings is 1. The highest BCUT2D eigenvalue weighted by Gasteiger charge is 2.35. The van der Waals surface area contributed by atoms with E-state index in [0.717, 1.165) is 11.3 Å². The molecule has 1 N–H and O–H groups in total. The number of rotatable bonds is 5. The van der Waals surface area contributed by atoms with Gasteiger partial charge >= 0.3 is 5.97 Å². The molecule has 0 bridgehead atoms. The fourth-order valence-electron chi connectivity index (χ4n) is 3.40. The average Bonchev–Trinajstić information content (AvgIpc) is 3.30. The number of esters is 1. The van der Waals surface area contributed by atoms with Gasteiger partial charge in [0.05, 0.1) is 17.2 Å². The highest BCUT2D eigenvalue weighted by molar-refractivity contribution is 7.84. The van der Waals surface area contributed by atoms with Crippen LogP contribution in [0.5, 0.6) is 0 Å². The van der Waals surface area contributed by atoms with Gasteiger partial charge in [-0.3, -0.25) is 4.79 Å². The van der Waals surface area contributed by atoms with Gasteiger partial charge in [-0.15, -0.1) is 12.6 Å². The van der Waals surface area contributed by atoms with E-state index < -0.39 is 12.1 Å². The Labute approximate surface area is 190 Å². The second kappa shape index (κ2) is 9.04. The van der Waals surface area contributed by atoms with E-state index in [4.69, 9.17) is 9.15 Å². The van der Waals surface area contributed by atoms with Crippen molar-refractivity contribution in [3.8, 4) is 17.4 Å². The summed E-state index contributed by atoms with van der Waals surface area (Å²) in [6.45, 7) is 2.06. The summed E-state index contributed by atoms with van der Waals surface area (Å²) in [5.41, 5.74) is 1.88. The number of amides is 1. The summed E-state index contributed by atoms with van der Waals surface area (Å²) < 4.78 is 11.1. The van der Waals surface area contributed by atoms with Crippen molar-refractivity contribution in [1.29, 1.82) is 5.26 Å². The lowest BCUT2D eigenvalue weighted by molar-refractivity contribution is -0.118. The molecule has 2 aromatic carbocycles. The van der Waals surface area contributed by atoms with Gasteiger partial charge in [0.25, 0.3) is 5.91 Å². The quantitative estimate of drug-likeness (QED) is 0.446. The van der Waals surface area contributed by atoms with Gasteiger partial charge in [-0.25, -0.2) is 4.79 Å². The molecule has 0 fully saturated rings. The summed E-state index contributed by atoms with van der Waals surface area (Å²) in [5.74, 6) is 0.124. The predicted octanol–water partition coefficient (Wildman–Crippen LogP) is 4.42. The van der Waals surface area contributed by atoms with E-state index >= 15 is 0 Å². The molecule has 0 saturated heterocycles. The van der Waals surface area contributed by atoms with Crippen LogP contribution in [-0.2, 0) is 9.53 Å². The summed E-state index contributed by atoms with van der Waals surface area (Å²) in [7, 11) is 0. The summed E-state index contributed by atoms with van der Waals surface area (Å²) in [5, 5.41) is 12.5. The number of carbonyl (C=O) groups is 2. The average molecular weight is 446 g/mol. The maximum atomic E-state index is 12.5. The minimum Gasteiger partial charge on any atom is -0.462 e. The molecular formula is C24H19N3O4S. The molecule has 0 spiro atoms. The molecule has 8 heteroatoms. The van der Waals surface area contributed by atoms with Crippen molar-refractivity contribution < 1.29 is 18.7 Å². The molecule has 1 unspecified atom stereocenters. The summed E-state index contributed by atoms with van der Waals surface area (Å²) in [4.78, 5) is 26.1. The Bertz CT molecular complexity index is 1230. The first-order valence-electron chi connectivity index (χ1n) is 9.89. The van der Waals surface area contributed by atoms with Crippen molar-refractivity contribution in [2.24, 2.45) is 0 Å². The van der Waals surface area contributed by atoms with Crippen molar-refractivity contribution in [1.82, 2.24) is 5.32 Å². The molecule has 1 aromatic heterocycles. The van der Waals surface area contributed by atoms with E-state index in [1.54, 1.807) is 48.2 Å². The number of carbonyl (C=O) groups excluding carboxylic acids is 2. The smallest absolute Gasteiger partial charge is 0.338 e. The van der Waals surface area contributed by atoms with Crippen LogP contribution in [0.4, 0.5) is 5.69 Å². The van der Waals surface area contributed by atoms with Crippen LogP contribution in [-0.4, -0.2) is 18.5 Å². The van der Waals surface area contributed by atoms with Gasteiger partial charge in [-0.1, -0.05) is 30.3 Å². The third-order valence-corrected chi connectivity index (χ3v) is 5.37. The predicted molar refractivity (Wildman–Crippen MR) is 122 cm³/mol. The largest absolute Gasteiger partial charge is 0.462 e. The number of thiol groups is 1. The van der Waals surface area contributed by atoms with Gasteiger partial charge in [-0.05, 0) is 43.3 Å². The Morgan fingerprint density at radius 1 is 1.16 bits per heavy atom. The third-order valence-electron chi connectivity index (χ3n) is 4.93. The Balaban J connectivity index is 1.68. The topological polar surface area (TPSA) is 95.6 Å². The maximum Gasteiger partial charge on any atom is 0.338 e. The first-order chi connectivity index (χ1) is 15.5. The van der Waals surface area contributed by atoms with Crippen LogP contribution in [0.25, 0.3) is 11.3 Å². The molecular weight excluding hydrogens is 426 g/mol. The first-order valence-corrected chi connectivity index (χ1v) is 10.3. The van der Waals surface area contributed by atoms with Gasteiger partial charge in [0.2, 0.25) is 0 Å². The van der Waals surface area contributed by atoms with Crippen LogP contribution in [0.15, 0.2) is 81.7 Å². The molecule has 1 aliphatic heterocycles. The van der Waals surface area contributed by atoms with Crippen molar-refractivity contribution in [3.63, 3.8) is 0 Å². The van der Waals surface area contributed by atoms with E-state index in [9.17, 15) is 14.9 Å². The van der Waals surface area contributed by atoms with Crippen molar-refractivity contribution >= 4 is 30.2 Å². The SMILES string of the molecule is CCOC(=O)c1ccc(-c2ccc(C3NC(=O)C(C#N)=C(S)N3c3ccccc3)o2)cc1. The van der Waals surface area contributed by atoms with E-state index in [1.165, 1.54) is 0 Å². The van der Waals surface area contributed by atoms with Gasteiger partial charge in [0.1, 0.15) is 23.2 Å². The molecule has 7 nitrogen and oxygen atoms in total. The number of benzene rings is 2. The Morgan fingerprint density at radius 2 is 1.88 bits per heavy atom. The minimum atomic E-state index is -0.693. The molecule has 0 saturated carbocycles. The van der Waals surface area contributed by atoms with E-state index in [0.29, 0.717) is 23.7 Å². The number of nitrogens with one attached hydrogen (secondary N) is 1. The normalized spacial score (nSPS) is 15.8. The van der Waals surface area contributed by atoms with Crippen molar-refractivity contribution in [2.45, 2.75) is 13.1 Å². The number of anilines is 1. The molecule has 1 aliphatic rings. The van der Waals surface area contributed by atoms with E-state index in [-0.39, 0.29) is 16.6 Å². The number of hydrogen-bond acceptors (Lipinski definition) is 7. The molecule has 1 amide bonds. The second-order valence-corrected chi connectivity index (χ2v) is 7.32. The maximum absolute atomic E-state index is 12.5. The lowest BCUT2D eigenvalue weighted by Gasteiger charge is -2.36. The Morgan fingerprint density at radius 3 is 2.53 bits per heavy atom. The van der Waals surface area contributed by atoms with Gasteiger partial charge in [-0.2, -0.15) is 5.26 Å². The fraction of sp³-hybridized carbons (Fsp3) is 0.125. The lowest BCUT2D eigenvalue weighted by Crippen LogP contribution is -2.45. The molecule has 2 heterocycles. The first kappa shape index (κ1) is 21.3. The van der Waals surface area contributed by atoms with Crippen molar-refractivity contribution in [2.75, 3.05) is 11.5 Å². The highest BCUT2D eigenvalue weighted by atomic mass is 32.1. The van der Waals surface area contributed by atoms with Crippen LogP contribution in [0.1, 0.15) is 29.2 Å². The molecule has 160 valence electrons.